The molecule has 1 heterocycles. The molecule has 23 heavy (non-hydrogen) atoms. The Morgan fingerprint density at radius 1 is 1.30 bits per heavy atom. The van der Waals surface area contributed by atoms with E-state index < -0.39 is 0 Å². The van der Waals surface area contributed by atoms with Gasteiger partial charge in [0.05, 0.1) is 5.69 Å². The standard InChI is InChI=1S/C17H27N3O3/c1-12-13(2)19-20(3)16(23)14(12)15(22)18-11-17(9-10-21)7-5-4-6-8-17/h21H,4-11H2,1-3H3,(H,18,22). The van der Waals surface area contributed by atoms with Gasteiger partial charge in [-0.15, -0.1) is 0 Å². The van der Waals surface area contributed by atoms with Crippen LogP contribution < -0.4 is 10.9 Å². The molecule has 6 nitrogen and oxygen atoms in total. The smallest absolute Gasteiger partial charge is 0.279 e. The first-order valence-electron chi connectivity index (χ1n) is 8.34. The van der Waals surface area contributed by atoms with Gasteiger partial charge in [0, 0.05) is 20.2 Å². The molecule has 0 aliphatic heterocycles. The molecule has 2 rings (SSSR count). The number of aliphatic hydroxyl groups is 1. The molecule has 1 aromatic heterocycles. The largest absolute Gasteiger partial charge is 0.396 e. The quantitative estimate of drug-likeness (QED) is 0.860. The van der Waals surface area contributed by atoms with Crippen molar-refractivity contribution < 1.29 is 9.90 Å². The summed E-state index contributed by atoms with van der Waals surface area (Å²) in [5.41, 5.74) is 1.08. The summed E-state index contributed by atoms with van der Waals surface area (Å²) in [4.78, 5) is 24.8. The van der Waals surface area contributed by atoms with Gasteiger partial charge in [-0.25, -0.2) is 4.68 Å². The number of aryl methyl sites for hydroxylation is 2. The Balaban J connectivity index is 2.18. The molecule has 0 spiro atoms. The molecular weight excluding hydrogens is 294 g/mol. The maximum Gasteiger partial charge on any atom is 0.279 e. The lowest BCUT2D eigenvalue weighted by molar-refractivity contribution is 0.0866. The van der Waals surface area contributed by atoms with Crippen LogP contribution in [0.25, 0.3) is 0 Å². The Morgan fingerprint density at radius 2 is 1.96 bits per heavy atom. The average molecular weight is 321 g/mol. The van der Waals surface area contributed by atoms with Crippen LogP contribution in [0.15, 0.2) is 4.79 Å². The van der Waals surface area contributed by atoms with E-state index in [0.29, 0.717) is 24.2 Å². The number of nitrogens with one attached hydrogen (secondary N) is 1. The van der Waals surface area contributed by atoms with E-state index in [1.54, 1.807) is 20.9 Å². The summed E-state index contributed by atoms with van der Waals surface area (Å²) in [5, 5.41) is 16.4. The highest BCUT2D eigenvalue weighted by atomic mass is 16.3. The predicted octanol–water partition coefficient (Wildman–Crippen LogP) is 1.46. The molecule has 1 aliphatic carbocycles. The van der Waals surface area contributed by atoms with E-state index in [1.165, 1.54) is 11.1 Å². The fraction of sp³-hybridized carbons (Fsp3) is 0.706. The van der Waals surface area contributed by atoms with Gasteiger partial charge in [-0.05, 0) is 44.1 Å². The van der Waals surface area contributed by atoms with Gasteiger partial charge in [0.15, 0.2) is 0 Å². The van der Waals surface area contributed by atoms with Crippen LogP contribution in [-0.2, 0) is 7.05 Å². The first-order chi connectivity index (χ1) is 10.9. The average Bonchev–Trinajstić information content (AvgIpc) is 2.53. The van der Waals surface area contributed by atoms with Crippen LogP contribution in [0.1, 0.15) is 60.1 Å². The predicted molar refractivity (Wildman–Crippen MR) is 88.5 cm³/mol. The minimum Gasteiger partial charge on any atom is -0.396 e. The third-order valence-electron chi connectivity index (χ3n) is 5.13. The molecule has 1 aromatic rings. The van der Waals surface area contributed by atoms with E-state index in [0.717, 1.165) is 25.7 Å². The van der Waals surface area contributed by atoms with Gasteiger partial charge < -0.3 is 10.4 Å². The van der Waals surface area contributed by atoms with Gasteiger partial charge in [0.1, 0.15) is 5.56 Å². The van der Waals surface area contributed by atoms with Crippen molar-refractivity contribution in [2.45, 2.75) is 52.4 Å². The molecule has 0 saturated heterocycles. The van der Waals surface area contributed by atoms with Crippen LogP contribution in [-0.4, -0.2) is 33.9 Å². The molecule has 1 amide bonds. The molecule has 0 atom stereocenters. The highest BCUT2D eigenvalue weighted by molar-refractivity contribution is 5.95. The summed E-state index contributed by atoms with van der Waals surface area (Å²) >= 11 is 0. The zero-order chi connectivity index (χ0) is 17.0. The molecule has 2 N–H and O–H groups in total. The van der Waals surface area contributed by atoms with Crippen molar-refractivity contribution in [2.24, 2.45) is 12.5 Å². The summed E-state index contributed by atoms with van der Waals surface area (Å²) in [6.07, 6.45) is 6.19. The highest BCUT2D eigenvalue weighted by Crippen LogP contribution is 2.38. The van der Waals surface area contributed by atoms with E-state index in [1.807, 2.05) is 0 Å². The fourth-order valence-electron chi connectivity index (χ4n) is 3.53. The Morgan fingerprint density at radius 3 is 2.57 bits per heavy atom. The van der Waals surface area contributed by atoms with Gasteiger partial charge in [0.2, 0.25) is 0 Å². The van der Waals surface area contributed by atoms with Gasteiger partial charge in [0.25, 0.3) is 11.5 Å². The lowest BCUT2D eigenvalue weighted by Gasteiger charge is -2.37. The van der Waals surface area contributed by atoms with Crippen LogP contribution in [0.5, 0.6) is 0 Å². The molecule has 6 heteroatoms. The summed E-state index contributed by atoms with van der Waals surface area (Å²) in [6.45, 7) is 4.18. The van der Waals surface area contributed by atoms with E-state index >= 15 is 0 Å². The van der Waals surface area contributed by atoms with Crippen LogP contribution in [0.3, 0.4) is 0 Å². The fourth-order valence-corrected chi connectivity index (χ4v) is 3.53. The Kier molecular flexibility index (Phi) is 5.57. The molecule has 0 unspecified atom stereocenters. The summed E-state index contributed by atoms with van der Waals surface area (Å²) < 4.78 is 1.21. The molecule has 128 valence electrons. The third kappa shape index (κ3) is 3.80. The van der Waals surface area contributed by atoms with E-state index in [2.05, 4.69) is 10.4 Å². The maximum absolute atomic E-state index is 12.6. The number of aromatic nitrogens is 2. The second-order valence-electron chi connectivity index (χ2n) is 6.73. The topological polar surface area (TPSA) is 84.2 Å². The van der Waals surface area contributed by atoms with Crippen molar-refractivity contribution >= 4 is 5.91 Å². The number of nitrogens with zero attached hydrogens (tertiary/aromatic N) is 2. The third-order valence-corrected chi connectivity index (χ3v) is 5.13. The molecule has 1 fully saturated rings. The van der Waals surface area contributed by atoms with E-state index in [9.17, 15) is 14.7 Å². The van der Waals surface area contributed by atoms with Gasteiger partial charge in [-0.2, -0.15) is 5.10 Å². The Hall–Kier alpha value is -1.69. The molecule has 0 aromatic carbocycles. The number of aliphatic hydroxyl groups excluding tert-OH is 1. The highest BCUT2D eigenvalue weighted by Gasteiger charge is 2.32. The molecule has 0 radical (unpaired) electrons. The monoisotopic (exact) mass is 321 g/mol. The Labute approximate surface area is 136 Å². The molecular formula is C17H27N3O3. The van der Waals surface area contributed by atoms with Crippen molar-refractivity contribution in [3.8, 4) is 0 Å². The SMILES string of the molecule is Cc1nn(C)c(=O)c(C(=O)NCC2(CCO)CCCCC2)c1C. The van der Waals surface area contributed by atoms with Crippen molar-refractivity contribution in [3.63, 3.8) is 0 Å². The van der Waals surface area contributed by atoms with Crippen LogP contribution in [0, 0.1) is 19.3 Å². The number of rotatable bonds is 5. The first-order valence-corrected chi connectivity index (χ1v) is 8.34. The van der Waals surface area contributed by atoms with Crippen molar-refractivity contribution in [3.05, 3.63) is 27.2 Å². The number of hydrogen-bond acceptors (Lipinski definition) is 4. The minimum atomic E-state index is -0.370. The summed E-state index contributed by atoms with van der Waals surface area (Å²) in [6, 6.07) is 0. The maximum atomic E-state index is 12.6. The van der Waals surface area contributed by atoms with Crippen LogP contribution in [0.2, 0.25) is 0 Å². The number of amides is 1. The normalized spacial score (nSPS) is 17.0. The Bertz CT molecular complexity index is 625. The van der Waals surface area contributed by atoms with Crippen molar-refractivity contribution in [1.29, 1.82) is 0 Å². The molecule has 1 saturated carbocycles. The minimum absolute atomic E-state index is 0.0378. The molecule has 1 aliphatic rings. The van der Waals surface area contributed by atoms with Gasteiger partial charge >= 0.3 is 0 Å². The number of carbonyl (C=O) groups excluding carboxylic acids is 1. The lowest BCUT2D eigenvalue weighted by atomic mass is 9.72. The van der Waals surface area contributed by atoms with Crippen LogP contribution >= 0.6 is 0 Å². The van der Waals surface area contributed by atoms with Crippen molar-refractivity contribution in [1.82, 2.24) is 15.1 Å². The lowest BCUT2D eigenvalue weighted by Crippen LogP contribution is -2.42. The second kappa shape index (κ2) is 7.25. The molecule has 0 bridgehead atoms. The zero-order valence-corrected chi connectivity index (χ0v) is 14.3. The summed E-state index contributed by atoms with van der Waals surface area (Å²) in [7, 11) is 1.56. The number of hydrogen-bond donors (Lipinski definition) is 2. The van der Waals surface area contributed by atoms with Gasteiger partial charge in [-0.3, -0.25) is 9.59 Å². The number of carbonyl (C=O) groups is 1. The van der Waals surface area contributed by atoms with Crippen LogP contribution in [0.4, 0.5) is 0 Å². The zero-order valence-electron chi connectivity index (χ0n) is 14.3. The van der Waals surface area contributed by atoms with Crippen molar-refractivity contribution in [2.75, 3.05) is 13.2 Å². The van der Waals surface area contributed by atoms with Gasteiger partial charge in [-0.1, -0.05) is 19.3 Å². The summed E-state index contributed by atoms with van der Waals surface area (Å²) in [5.74, 6) is -0.337. The first kappa shape index (κ1) is 17.7. The van der Waals surface area contributed by atoms with E-state index in [4.69, 9.17) is 0 Å². The second-order valence-corrected chi connectivity index (χ2v) is 6.73. The van der Waals surface area contributed by atoms with E-state index in [-0.39, 0.29) is 29.1 Å².